The first-order valence-corrected chi connectivity index (χ1v) is 4.48. The highest BCUT2D eigenvalue weighted by Gasteiger charge is 2.24. The maximum Gasteiger partial charge on any atom is 0.306 e. The van der Waals surface area contributed by atoms with Gasteiger partial charge >= 0.3 is 11.9 Å². The second-order valence-electron chi connectivity index (χ2n) is 3.12. The van der Waals surface area contributed by atoms with E-state index >= 15 is 0 Å². The van der Waals surface area contributed by atoms with Crippen molar-refractivity contribution >= 4 is 11.9 Å². The number of hydrogen-bond donors (Lipinski definition) is 2. The molecule has 0 rings (SSSR count). The summed E-state index contributed by atoms with van der Waals surface area (Å²) >= 11 is 0. The zero-order chi connectivity index (χ0) is 10.4. The largest absolute Gasteiger partial charge is 0.481 e. The first-order chi connectivity index (χ1) is 6.02. The Morgan fingerprint density at radius 1 is 1.00 bits per heavy atom. The van der Waals surface area contributed by atoms with E-state index in [-0.39, 0.29) is 6.42 Å². The van der Waals surface area contributed by atoms with Crippen LogP contribution in [0.15, 0.2) is 0 Å². The third-order valence-electron chi connectivity index (χ3n) is 2.25. The van der Waals surface area contributed by atoms with Crippen molar-refractivity contribution in [3.8, 4) is 0 Å². The van der Waals surface area contributed by atoms with Crippen molar-refractivity contribution in [1.82, 2.24) is 0 Å². The van der Waals surface area contributed by atoms with E-state index in [4.69, 9.17) is 10.2 Å². The minimum absolute atomic E-state index is 0.234. The average molecular weight is 188 g/mol. The van der Waals surface area contributed by atoms with Crippen molar-refractivity contribution in [2.45, 2.75) is 33.1 Å². The van der Waals surface area contributed by atoms with Gasteiger partial charge < -0.3 is 10.2 Å². The van der Waals surface area contributed by atoms with Crippen LogP contribution in [-0.2, 0) is 9.59 Å². The van der Waals surface area contributed by atoms with Gasteiger partial charge in [-0.3, -0.25) is 9.59 Å². The number of carboxylic acids is 2. The highest BCUT2D eigenvalue weighted by molar-refractivity contribution is 5.73. The fourth-order valence-electron chi connectivity index (χ4n) is 1.23. The zero-order valence-electron chi connectivity index (χ0n) is 7.99. The smallest absolute Gasteiger partial charge is 0.306 e. The number of aliphatic carboxylic acids is 2. The van der Waals surface area contributed by atoms with E-state index in [9.17, 15) is 9.59 Å². The summed E-state index contributed by atoms with van der Waals surface area (Å²) < 4.78 is 0. The minimum atomic E-state index is -0.901. The first kappa shape index (κ1) is 11.9. The lowest BCUT2D eigenvalue weighted by atomic mass is 9.91. The molecule has 4 nitrogen and oxygen atoms in total. The third-order valence-corrected chi connectivity index (χ3v) is 2.25. The second kappa shape index (κ2) is 5.56. The Morgan fingerprint density at radius 3 is 1.46 bits per heavy atom. The molecule has 0 aliphatic heterocycles. The van der Waals surface area contributed by atoms with Crippen LogP contribution in [0.1, 0.15) is 33.1 Å². The lowest BCUT2D eigenvalue weighted by molar-refractivity contribution is -0.145. The first-order valence-electron chi connectivity index (χ1n) is 4.48. The predicted molar refractivity (Wildman–Crippen MR) is 47.5 cm³/mol. The molecule has 0 bridgehead atoms. The van der Waals surface area contributed by atoms with Crippen LogP contribution in [-0.4, -0.2) is 22.2 Å². The summed E-state index contributed by atoms with van der Waals surface area (Å²) in [6, 6.07) is 0. The van der Waals surface area contributed by atoms with Gasteiger partial charge in [0.25, 0.3) is 0 Å². The van der Waals surface area contributed by atoms with Crippen molar-refractivity contribution in [2.24, 2.45) is 11.8 Å². The number of carbonyl (C=O) groups is 2. The molecule has 0 spiro atoms. The number of carboxylic acid groups (broad SMARTS) is 2. The summed E-state index contributed by atoms with van der Waals surface area (Å²) in [5.74, 6) is -2.86. The molecule has 0 aromatic rings. The van der Waals surface area contributed by atoms with Crippen molar-refractivity contribution in [3.05, 3.63) is 0 Å². The molecule has 0 saturated heterocycles. The van der Waals surface area contributed by atoms with Crippen LogP contribution in [0.2, 0.25) is 0 Å². The number of rotatable bonds is 6. The molecule has 76 valence electrons. The fraction of sp³-hybridized carbons (Fsp3) is 0.778. The van der Waals surface area contributed by atoms with Crippen molar-refractivity contribution in [1.29, 1.82) is 0 Å². The Balaban J connectivity index is 4.19. The second-order valence-corrected chi connectivity index (χ2v) is 3.12. The van der Waals surface area contributed by atoms with E-state index in [0.29, 0.717) is 12.8 Å². The Morgan fingerprint density at radius 2 is 1.31 bits per heavy atom. The molecule has 0 aliphatic carbocycles. The van der Waals surface area contributed by atoms with E-state index in [1.54, 1.807) is 13.8 Å². The molecule has 0 fully saturated rings. The average Bonchev–Trinajstić information content (AvgIpc) is 2.05. The molecule has 0 unspecified atom stereocenters. The molecule has 0 saturated carbocycles. The van der Waals surface area contributed by atoms with E-state index in [2.05, 4.69) is 0 Å². The summed E-state index contributed by atoms with van der Waals surface area (Å²) in [5, 5.41) is 17.4. The molecule has 0 aromatic carbocycles. The van der Waals surface area contributed by atoms with Gasteiger partial charge in [0.05, 0.1) is 11.8 Å². The molecule has 0 aromatic heterocycles. The third kappa shape index (κ3) is 3.92. The molecule has 2 N–H and O–H groups in total. The quantitative estimate of drug-likeness (QED) is 0.663. The normalized spacial score (nSPS) is 14.9. The topological polar surface area (TPSA) is 74.6 Å². The van der Waals surface area contributed by atoms with Crippen LogP contribution in [0.5, 0.6) is 0 Å². The van der Waals surface area contributed by atoms with Gasteiger partial charge in [-0.05, 0) is 19.3 Å². The van der Waals surface area contributed by atoms with Crippen LogP contribution >= 0.6 is 0 Å². The lowest BCUT2D eigenvalue weighted by Crippen LogP contribution is -2.21. The van der Waals surface area contributed by atoms with Crippen molar-refractivity contribution in [2.75, 3.05) is 0 Å². The SMILES string of the molecule is CC[C@H](C[C@@H](CC)C(=O)O)C(=O)O. The molecule has 2 atom stereocenters. The van der Waals surface area contributed by atoms with Crippen LogP contribution in [0.25, 0.3) is 0 Å². The Kier molecular flexibility index (Phi) is 5.11. The van der Waals surface area contributed by atoms with Gasteiger partial charge in [-0.15, -0.1) is 0 Å². The standard InChI is InChI=1S/C9H16O4/c1-3-6(8(10)11)5-7(4-2)9(12)13/h6-7H,3-5H2,1-2H3,(H,10,11)(H,12,13)/t6-,7-/m1/s1. The highest BCUT2D eigenvalue weighted by Crippen LogP contribution is 2.18. The van der Waals surface area contributed by atoms with Gasteiger partial charge in [0, 0.05) is 0 Å². The summed E-state index contributed by atoms with van der Waals surface area (Å²) in [4.78, 5) is 21.2. The highest BCUT2D eigenvalue weighted by atomic mass is 16.4. The maximum absolute atomic E-state index is 10.6. The van der Waals surface area contributed by atoms with Crippen molar-refractivity contribution < 1.29 is 19.8 Å². The molecule has 13 heavy (non-hydrogen) atoms. The van der Waals surface area contributed by atoms with E-state index < -0.39 is 23.8 Å². The molecule has 0 heterocycles. The molecular formula is C9H16O4. The zero-order valence-corrected chi connectivity index (χ0v) is 7.99. The Bertz CT molecular complexity index is 168. The Labute approximate surface area is 77.6 Å². The van der Waals surface area contributed by atoms with Crippen LogP contribution in [0.3, 0.4) is 0 Å². The maximum atomic E-state index is 10.6. The van der Waals surface area contributed by atoms with Gasteiger partial charge in [-0.25, -0.2) is 0 Å². The van der Waals surface area contributed by atoms with Crippen LogP contribution < -0.4 is 0 Å². The van der Waals surface area contributed by atoms with Gasteiger partial charge in [0.2, 0.25) is 0 Å². The summed E-state index contributed by atoms with van der Waals surface area (Å²) in [6.45, 7) is 3.51. The molecule has 0 radical (unpaired) electrons. The predicted octanol–water partition coefficient (Wildman–Crippen LogP) is 1.60. The minimum Gasteiger partial charge on any atom is -0.481 e. The van der Waals surface area contributed by atoms with Crippen LogP contribution in [0.4, 0.5) is 0 Å². The van der Waals surface area contributed by atoms with Crippen molar-refractivity contribution in [3.63, 3.8) is 0 Å². The van der Waals surface area contributed by atoms with Gasteiger partial charge in [-0.2, -0.15) is 0 Å². The Hall–Kier alpha value is -1.06. The lowest BCUT2D eigenvalue weighted by Gasteiger charge is -2.14. The fourth-order valence-corrected chi connectivity index (χ4v) is 1.23. The van der Waals surface area contributed by atoms with Gasteiger partial charge in [0.15, 0.2) is 0 Å². The van der Waals surface area contributed by atoms with Gasteiger partial charge in [0.1, 0.15) is 0 Å². The van der Waals surface area contributed by atoms with Gasteiger partial charge in [-0.1, -0.05) is 13.8 Å². The molecule has 0 aliphatic rings. The molecule has 0 amide bonds. The number of hydrogen-bond acceptors (Lipinski definition) is 2. The summed E-state index contributed by atoms with van der Waals surface area (Å²) in [6.07, 6.45) is 1.20. The molecular weight excluding hydrogens is 172 g/mol. The van der Waals surface area contributed by atoms with E-state index in [1.807, 2.05) is 0 Å². The summed E-state index contributed by atoms with van der Waals surface area (Å²) in [5.41, 5.74) is 0. The molecule has 4 heteroatoms. The monoisotopic (exact) mass is 188 g/mol. The van der Waals surface area contributed by atoms with E-state index in [1.165, 1.54) is 0 Å². The van der Waals surface area contributed by atoms with Crippen LogP contribution in [0, 0.1) is 11.8 Å². The summed E-state index contributed by atoms with van der Waals surface area (Å²) in [7, 11) is 0. The van der Waals surface area contributed by atoms with E-state index in [0.717, 1.165) is 0 Å².